The predicted molar refractivity (Wildman–Crippen MR) is 83.8 cm³/mol. The van der Waals surface area contributed by atoms with Gasteiger partial charge in [0.2, 0.25) is 0 Å². The minimum absolute atomic E-state index is 0.532. The highest BCUT2D eigenvalue weighted by Crippen LogP contribution is 2.19. The van der Waals surface area contributed by atoms with Crippen molar-refractivity contribution in [2.24, 2.45) is 0 Å². The Kier molecular flexibility index (Phi) is 6.62. The summed E-state index contributed by atoms with van der Waals surface area (Å²) in [4.78, 5) is 0. The molecule has 0 aromatic heterocycles. The molecule has 0 N–H and O–H groups in total. The summed E-state index contributed by atoms with van der Waals surface area (Å²) < 4.78 is 16.8. The molecule has 2 aromatic rings. The van der Waals surface area contributed by atoms with Gasteiger partial charge in [-0.3, -0.25) is 0 Å². The molecule has 3 nitrogen and oxygen atoms in total. The normalized spacial score (nSPS) is 10.3. The van der Waals surface area contributed by atoms with E-state index in [1.54, 1.807) is 0 Å². The van der Waals surface area contributed by atoms with E-state index in [-0.39, 0.29) is 0 Å². The third-order valence-electron chi connectivity index (χ3n) is 2.89. The summed E-state index contributed by atoms with van der Waals surface area (Å²) >= 11 is 0. The molecule has 0 amide bonds. The van der Waals surface area contributed by atoms with E-state index in [1.807, 2.05) is 42.5 Å². The lowest BCUT2D eigenvalue weighted by molar-refractivity contribution is 0.0888. The van der Waals surface area contributed by atoms with E-state index < -0.39 is 0 Å². The van der Waals surface area contributed by atoms with Crippen molar-refractivity contribution in [2.75, 3.05) is 19.8 Å². The molecule has 3 heteroatoms. The Bertz CT molecular complexity index is 511. The van der Waals surface area contributed by atoms with E-state index in [4.69, 9.17) is 14.2 Å². The minimum Gasteiger partial charge on any atom is -0.493 e. The molecular formula is C18H22O3. The van der Waals surface area contributed by atoms with Gasteiger partial charge in [-0.2, -0.15) is 0 Å². The summed E-state index contributed by atoms with van der Waals surface area (Å²) in [5, 5.41) is 0. The molecule has 21 heavy (non-hydrogen) atoms. The maximum Gasteiger partial charge on any atom is 0.123 e. The van der Waals surface area contributed by atoms with Gasteiger partial charge in [-0.1, -0.05) is 43.3 Å². The summed E-state index contributed by atoms with van der Waals surface area (Å²) in [7, 11) is 0. The Labute approximate surface area is 126 Å². The van der Waals surface area contributed by atoms with E-state index in [9.17, 15) is 0 Å². The van der Waals surface area contributed by atoms with E-state index in [2.05, 4.69) is 19.1 Å². The fourth-order valence-corrected chi connectivity index (χ4v) is 1.86. The molecule has 0 aliphatic carbocycles. The maximum absolute atomic E-state index is 5.66. The second-order valence-electron chi connectivity index (χ2n) is 4.71. The molecular weight excluding hydrogens is 264 g/mol. The van der Waals surface area contributed by atoms with E-state index in [0.29, 0.717) is 19.8 Å². The van der Waals surface area contributed by atoms with Crippen molar-refractivity contribution in [1.29, 1.82) is 0 Å². The van der Waals surface area contributed by atoms with Crippen LogP contribution in [0.5, 0.6) is 11.5 Å². The Morgan fingerprint density at radius 3 is 2.19 bits per heavy atom. The molecule has 0 atom stereocenters. The van der Waals surface area contributed by atoms with Crippen molar-refractivity contribution in [2.45, 2.75) is 20.0 Å². The van der Waals surface area contributed by atoms with Gasteiger partial charge in [-0.15, -0.1) is 0 Å². The number of hydrogen-bond donors (Lipinski definition) is 0. The van der Waals surface area contributed by atoms with Crippen LogP contribution in [0.25, 0.3) is 0 Å². The van der Waals surface area contributed by atoms with Crippen molar-refractivity contribution in [3.8, 4) is 11.5 Å². The van der Waals surface area contributed by atoms with E-state index >= 15 is 0 Å². The molecule has 0 unspecified atom stereocenters. The summed E-state index contributed by atoms with van der Waals surface area (Å²) in [6.07, 6.45) is 0.998. The molecule has 0 fully saturated rings. The monoisotopic (exact) mass is 286 g/mol. The van der Waals surface area contributed by atoms with E-state index in [0.717, 1.165) is 24.5 Å². The van der Waals surface area contributed by atoms with Gasteiger partial charge in [-0.05, 0) is 24.1 Å². The minimum atomic E-state index is 0.532. The first-order valence-corrected chi connectivity index (χ1v) is 7.36. The molecule has 2 rings (SSSR count). The Morgan fingerprint density at radius 1 is 0.762 bits per heavy atom. The highest BCUT2D eigenvalue weighted by molar-refractivity contribution is 5.32. The zero-order chi connectivity index (χ0) is 14.8. The van der Waals surface area contributed by atoms with Crippen LogP contribution in [0, 0.1) is 0 Å². The Balaban J connectivity index is 1.66. The SMILES string of the molecule is CCCOc1cccc(OCCOCc2ccccc2)c1. The van der Waals surface area contributed by atoms with Crippen molar-refractivity contribution < 1.29 is 14.2 Å². The molecule has 0 heterocycles. The molecule has 0 radical (unpaired) electrons. The largest absolute Gasteiger partial charge is 0.493 e. The predicted octanol–water partition coefficient (Wildman–Crippen LogP) is 4.07. The lowest BCUT2D eigenvalue weighted by Crippen LogP contribution is -2.06. The summed E-state index contributed by atoms with van der Waals surface area (Å²) in [5.74, 6) is 1.66. The van der Waals surface area contributed by atoms with Gasteiger partial charge in [-0.25, -0.2) is 0 Å². The number of rotatable bonds is 9. The number of benzene rings is 2. The molecule has 0 bridgehead atoms. The first-order chi connectivity index (χ1) is 10.4. The second kappa shape index (κ2) is 9.03. The quantitative estimate of drug-likeness (QED) is 0.650. The van der Waals surface area contributed by atoms with Crippen LogP contribution in [0.2, 0.25) is 0 Å². The first kappa shape index (κ1) is 15.4. The van der Waals surface area contributed by atoms with Gasteiger partial charge < -0.3 is 14.2 Å². The van der Waals surface area contributed by atoms with Gasteiger partial charge in [0.25, 0.3) is 0 Å². The van der Waals surface area contributed by atoms with Crippen LogP contribution in [0.15, 0.2) is 54.6 Å². The highest BCUT2D eigenvalue weighted by Gasteiger charge is 1.98. The Morgan fingerprint density at radius 2 is 1.48 bits per heavy atom. The fraction of sp³-hybridized carbons (Fsp3) is 0.333. The van der Waals surface area contributed by atoms with Crippen molar-refractivity contribution >= 4 is 0 Å². The third kappa shape index (κ3) is 5.88. The van der Waals surface area contributed by atoms with Crippen LogP contribution in [-0.2, 0) is 11.3 Å². The maximum atomic E-state index is 5.66. The summed E-state index contributed by atoms with van der Waals surface area (Å²) in [5.41, 5.74) is 1.17. The molecule has 112 valence electrons. The van der Waals surface area contributed by atoms with Crippen LogP contribution in [-0.4, -0.2) is 19.8 Å². The van der Waals surface area contributed by atoms with Crippen LogP contribution >= 0.6 is 0 Å². The third-order valence-corrected chi connectivity index (χ3v) is 2.89. The zero-order valence-corrected chi connectivity index (χ0v) is 12.5. The van der Waals surface area contributed by atoms with Crippen LogP contribution in [0.4, 0.5) is 0 Å². The standard InChI is InChI=1S/C18H22O3/c1-2-11-20-17-9-6-10-18(14-17)21-13-12-19-15-16-7-4-3-5-8-16/h3-10,14H,2,11-13,15H2,1H3. The van der Waals surface area contributed by atoms with Gasteiger partial charge >= 0.3 is 0 Å². The lowest BCUT2D eigenvalue weighted by atomic mass is 10.2. The highest BCUT2D eigenvalue weighted by atomic mass is 16.5. The molecule has 0 aliphatic rings. The molecule has 0 saturated heterocycles. The molecule has 0 aliphatic heterocycles. The summed E-state index contributed by atoms with van der Waals surface area (Å²) in [6, 6.07) is 17.8. The van der Waals surface area contributed by atoms with Crippen molar-refractivity contribution in [3.05, 3.63) is 60.2 Å². The first-order valence-electron chi connectivity index (χ1n) is 7.36. The second-order valence-corrected chi connectivity index (χ2v) is 4.71. The average molecular weight is 286 g/mol. The number of hydrogen-bond acceptors (Lipinski definition) is 3. The van der Waals surface area contributed by atoms with Crippen LogP contribution in [0.3, 0.4) is 0 Å². The topological polar surface area (TPSA) is 27.7 Å². The van der Waals surface area contributed by atoms with E-state index in [1.165, 1.54) is 5.56 Å². The van der Waals surface area contributed by atoms with Gasteiger partial charge in [0.05, 0.1) is 19.8 Å². The van der Waals surface area contributed by atoms with Crippen molar-refractivity contribution in [3.63, 3.8) is 0 Å². The zero-order valence-electron chi connectivity index (χ0n) is 12.5. The van der Waals surface area contributed by atoms with Crippen molar-refractivity contribution in [1.82, 2.24) is 0 Å². The Hall–Kier alpha value is -2.00. The lowest BCUT2D eigenvalue weighted by Gasteiger charge is -2.09. The summed E-state index contributed by atoms with van der Waals surface area (Å²) in [6.45, 7) is 4.52. The number of ether oxygens (including phenoxy) is 3. The van der Waals surface area contributed by atoms with Gasteiger partial charge in [0.1, 0.15) is 18.1 Å². The van der Waals surface area contributed by atoms with Gasteiger partial charge in [0.15, 0.2) is 0 Å². The molecule has 0 spiro atoms. The fourth-order valence-electron chi connectivity index (χ4n) is 1.86. The molecule has 2 aromatic carbocycles. The average Bonchev–Trinajstić information content (AvgIpc) is 2.54. The van der Waals surface area contributed by atoms with Crippen LogP contribution < -0.4 is 9.47 Å². The molecule has 0 saturated carbocycles. The van der Waals surface area contributed by atoms with Gasteiger partial charge in [0, 0.05) is 6.07 Å². The van der Waals surface area contributed by atoms with Crippen LogP contribution in [0.1, 0.15) is 18.9 Å². The smallest absolute Gasteiger partial charge is 0.123 e.